The summed E-state index contributed by atoms with van der Waals surface area (Å²) in [5, 5.41) is 0.710. The van der Waals surface area contributed by atoms with E-state index in [4.69, 9.17) is 4.98 Å². The van der Waals surface area contributed by atoms with E-state index in [9.17, 15) is 4.79 Å². The molecule has 1 aromatic heterocycles. The molecular weight excluding hydrogens is 274 g/mol. The first-order chi connectivity index (χ1) is 10.6. The second-order valence-corrected chi connectivity index (χ2v) is 6.89. The van der Waals surface area contributed by atoms with Crippen molar-refractivity contribution in [2.45, 2.75) is 51.2 Å². The van der Waals surface area contributed by atoms with Crippen molar-refractivity contribution >= 4 is 10.9 Å². The van der Waals surface area contributed by atoms with Gasteiger partial charge in [0.15, 0.2) is 0 Å². The molecule has 0 spiro atoms. The van der Waals surface area contributed by atoms with Crippen LogP contribution >= 0.6 is 0 Å². The van der Waals surface area contributed by atoms with E-state index >= 15 is 0 Å². The maximum atomic E-state index is 12.5. The van der Waals surface area contributed by atoms with Crippen LogP contribution in [-0.2, 0) is 13.6 Å². The van der Waals surface area contributed by atoms with Gasteiger partial charge in [-0.2, -0.15) is 0 Å². The van der Waals surface area contributed by atoms with Crippen LogP contribution in [0.2, 0.25) is 0 Å². The molecule has 0 aliphatic heterocycles. The monoisotopic (exact) mass is 297 g/mol. The molecule has 0 saturated heterocycles. The molecule has 0 radical (unpaired) electrons. The third-order valence-electron chi connectivity index (χ3n) is 5.24. The molecule has 22 heavy (non-hydrogen) atoms. The van der Waals surface area contributed by atoms with E-state index in [1.807, 2.05) is 31.3 Å². The van der Waals surface area contributed by atoms with E-state index in [0.29, 0.717) is 17.5 Å². The third-order valence-corrected chi connectivity index (χ3v) is 5.24. The van der Waals surface area contributed by atoms with Crippen LogP contribution < -0.4 is 5.56 Å². The van der Waals surface area contributed by atoms with Crippen molar-refractivity contribution in [3.63, 3.8) is 0 Å². The Kier molecular flexibility index (Phi) is 3.30. The third kappa shape index (κ3) is 2.45. The number of aromatic nitrogens is 2. The van der Waals surface area contributed by atoms with Crippen LogP contribution in [0, 0.1) is 5.92 Å². The number of benzene rings is 1. The number of rotatable bonds is 5. The number of para-hydroxylation sites is 1. The fourth-order valence-electron chi connectivity index (χ4n) is 3.43. The Morgan fingerprint density at radius 3 is 2.68 bits per heavy atom. The minimum atomic E-state index is 0.0652. The van der Waals surface area contributed by atoms with Crippen LogP contribution in [0.4, 0.5) is 0 Å². The summed E-state index contributed by atoms with van der Waals surface area (Å²) >= 11 is 0. The highest BCUT2D eigenvalue weighted by atomic mass is 16.1. The summed E-state index contributed by atoms with van der Waals surface area (Å²) in [5.74, 6) is 1.74. The van der Waals surface area contributed by atoms with Crippen molar-refractivity contribution in [3.05, 3.63) is 40.4 Å². The predicted octanol–water partition coefficient (Wildman–Crippen LogP) is 2.70. The van der Waals surface area contributed by atoms with Crippen molar-refractivity contribution < 1.29 is 0 Å². The Morgan fingerprint density at radius 2 is 2.00 bits per heavy atom. The molecule has 1 atom stereocenters. The Morgan fingerprint density at radius 1 is 1.27 bits per heavy atom. The smallest absolute Gasteiger partial charge is 0.261 e. The largest absolute Gasteiger partial charge is 0.298 e. The first-order valence-electron chi connectivity index (χ1n) is 8.35. The molecule has 0 bridgehead atoms. The molecule has 1 heterocycles. The zero-order valence-corrected chi connectivity index (χ0v) is 13.3. The summed E-state index contributed by atoms with van der Waals surface area (Å²) in [7, 11) is 1.85. The molecule has 4 nitrogen and oxygen atoms in total. The van der Waals surface area contributed by atoms with Crippen molar-refractivity contribution in [3.8, 4) is 0 Å². The molecule has 4 rings (SSSR count). The van der Waals surface area contributed by atoms with Crippen molar-refractivity contribution in [2.75, 3.05) is 0 Å². The molecule has 1 aromatic carbocycles. The maximum Gasteiger partial charge on any atom is 0.261 e. The van der Waals surface area contributed by atoms with Gasteiger partial charge in [-0.15, -0.1) is 0 Å². The van der Waals surface area contributed by atoms with E-state index in [1.54, 1.807) is 4.57 Å². The second-order valence-electron chi connectivity index (χ2n) is 6.89. The fourth-order valence-corrected chi connectivity index (χ4v) is 3.43. The van der Waals surface area contributed by atoms with E-state index in [1.165, 1.54) is 25.7 Å². The zero-order chi connectivity index (χ0) is 15.3. The van der Waals surface area contributed by atoms with Crippen LogP contribution in [-0.4, -0.2) is 26.5 Å². The first-order valence-corrected chi connectivity index (χ1v) is 8.35. The van der Waals surface area contributed by atoms with Gasteiger partial charge in [-0.25, -0.2) is 4.98 Å². The summed E-state index contributed by atoms with van der Waals surface area (Å²) in [6.07, 6.45) is 5.29. The molecule has 2 aromatic rings. The molecule has 2 aliphatic carbocycles. The van der Waals surface area contributed by atoms with Crippen molar-refractivity contribution in [1.82, 2.24) is 14.5 Å². The Balaban J connectivity index is 1.70. The van der Waals surface area contributed by atoms with Gasteiger partial charge in [-0.1, -0.05) is 12.1 Å². The lowest BCUT2D eigenvalue weighted by Gasteiger charge is -2.29. The van der Waals surface area contributed by atoms with Crippen molar-refractivity contribution in [1.29, 1.82) is 0 Å². The van der Waals surface area contributed by atoms with E-state index < -0.39 is 0 Å². The summed E-state index contributed by atoms with van der Waals surface area (Å²) in [5.41, 5.74) is 0.880. The number of fused-ring (bicyclic) bond motifs is 1. The quantitative estimate of drug-likeness (QED) is 0.851. The normalized spacial score (nSPS) is 19.8. The molecule has 2 fully saturated rings. The average molecular weight is 297 g/mol. The van der Waals surface area contributed by atoms with Gasteiger partial charge < -0.3 is 0 Å². The Bertz CT molecular complexity index is 759. The van der Waals surface area contributed by atoms with Gasteiger partial charge in [-0.05, 0) is 50.7 Å². The van der Waals surface area contributed by atoms with E-state index in [-0.39, 0.29) is 5.56 Å². The molecule has 1 unspecified atom stereocenters. The topological polar surface area (TPSA) is 38.1 Å². The molecule has 116 valence electrons. The lowest BCUT2D eigenvalue weighted by atomic mass is 10.1. The van der Waals surface area contributed by atoms with Gasteiger partial charge in [0.25, 0.3) is 5.56 Å². The van der Waals surface area contributed by atoms with Gasteiger partial charge in [0.1, 0.15) is 5.82 Å². The standard InChI is InChI=1S/C18H23N3O/c1-12(13-7-8-13)21(14-9-10-14)11-17-19-16-6-4-3-5-15(16)18(22)20(17)2/h3-6,12-14H,7-11H2,1-2H3. The van der Waals surface area contributed by atoms with Gasteiger partial charge in [0, 0.05) is 19.1 Å². The van der Waals surface area contributed by atoms with Crippen molar-refractivity contribution in [2.24, 2.45) is 13.0 Å². The fraction of sp³-hybridized carbons (Fsp3) is 0.556. The highest BCUT2D eigenvalue weighted by Crippen LogP contribution is 2.40. The van der Waals surface area contributed by atoms with Gasteiger partial charge in [0.05, 0.1) is 17.4 Å². The van der Waals surface area contributed by atoms with E-state index in [0.717, 1.165) is 23.8 Å². The second kappa shape index (κ2) is 5.20. The van der Waals surface area contributed by atoms with Gasteiger partial charge >= 0.3 is 0 Å². The van der Waals surface area contributed by atoms with Crippen LogP contribution in [0.25, 0.3) is 10.9 Å². The number of hydrogen-bond acceptors (Lipinski definition) is 3. The molecule has 0 amide bonds. The molecule has 2 saturated carbocycles. The lowest BCUT2D eigenvalue weighted by Crippen LogP contribution is -2.38. The molecule has 2 aliphatic rings. The van der Waals surface area contributed by atoms with Crippen LogP contribution in [0.5, 0.6) is 0 Å². The van der Waals surface area contributed by atoms with Gasteiger partial charge in [-0.3, -0.25) is 14.3 Å². The van der Waals surface area contributed by atoms with Crippen LogP contribution in [0.3, 0.4) is 0 Å². The predicted molar refractivity (Wildman–Crippen MR) is 87.7 cm³/mol. The lowest BCUT2D eigenvalue weighted by molar-refractivity contribution is 0.164. The summed E-state index contributed by atoms with van der Waals surface area (Å²) < 4.78 is 1.73. The van der Waals surface area contributed by atoms with E-state index in [2.05, 4.69) is 11.8 Å². The molecular formula is C18H23N3O. The molecule has 4 heteroatoms. The summed E-state index contributed by atoms with van der Waals surface area (Å²) in [4.78, 5) is 19.9. The highest BCUT2D eigenvalue weighted by Gasteiger charge is 2.39. The Labute approximate surface area is 130 Å². The first kappa shape index (κ1) is 13.9. The van der Waals surface area contributed by atoms with Crippen LogP contribution in [0.15, 0.2) is 29.1 Å². The average Bonchev–Trinajstić information content (AvgIpc) is 3.40. The number of nitrogens with zero attached hydrogens (tertiary/aromatic N) is 3. The minimum absolute atomic E-state index is 0.0652. The molecule has 0 N–H and O–H groups in total. The zero-order valence-electron chi connectivity index (χ0n) is 13.3. The maximum absolute atomic E-state index is 12.5. The SMILES string of the molecule is CC(C1CC1)N(Cc1nc2ccccc2c(=O)n1C)C1CC1. The van der Waals surface area contributed by atoms with Crippen LogP contribution in [0.1, 0.15) is 38.4 Å². The van der Waals surface area contributed by atoms with Gasteiger partial charge in [0.2, 0.25) is 0 Å². The summed E-state index contributed by atoms with van der Waals surface area (Å²) in [6.45, 7) is 3.13. The minimum Gasteiger partial charge on any atom is -0.298 e. The summed E-state index contributed by atoms with van der Waals surface area (Å²) in [6, 6.07) is 8.95. The Hall–Kier alpha value is -1.68. The number of hydrogen-bond donors (Lipinski definition) is 0. The highest BCUT2D eigenvalue weighted by molar-refractivity contribution is 5.77.